The number of nitrogens with one attached hydrogen (secondary N) is 1. The number of amides is 2. The average molecular weight is 427 g/mol. The first-order chi connectivity index (χ1) is 14.0. The highest BCUT2D eigenvalue weighted by molar-refractivity contribution is 8.26. The quantitative estimate of drug-likeness (QED) is 0.514. The molecule has 29 heavy (non-hydrogen) atoms. The van der Waals surface area contributed by atoms with Gasteiger partial charge in [0.25, 0.3) is 5.91 Å². The lowest BCUT2D eigenvalue weighted by Gasteiger charge is -2.14. The minimum absolute atomic E-state index is 0.0313. The molecule has 1 fully saturated rings. The smallest absolute Gasteiger partial charge is 0.337 e. The molecule has 2 N–H and O–H groups in total. The number of hydrogen-bond acceptors (Lipinski definition) is 5. The first-order valence-corrected chi connectivity index (χ1v) is 10.1. The SMILES string of the molecule is O=C(CCCN1C(=O)/C(=C/c2ccccc2)SC1=S)Nc1ccccc1C(=O)O. The van der Waals surface area contributed by atoms with Crippen molar-refractivity contribution < 1.29 is 19.5 Å². The first kappa shape index (κ1) is 20.8. The Kier molecular flexibility index (Phi) is 6.79. The summed E-state index contributed by atoms with van der Waals surface area (Å²) in [5.41, 5.74) is 1.20. The summed E-state index contributed by atoms with van der Waals surface area (Å²) in [4.78, 5) is 38.0. The molecule has 0 radical (unpaired) electrons. The summed E-state index contributed by atoms with van der Waals surface area (Å²) in [5.74, 6) is -1.59. The fraction of sp³-hybridized carbons (Fsp3) is 0.143. The van der Waals surface area contributed by atoms with E-state index in [0.29, 0.717) is 22.2 Å². The van der Waals surface area contributed by atoms with Crippen LogP contribution in [-0.4, -0.2) is 38.7 Å². The summed E-state index contributed by atoms with van der Waals surface area (Å²) in [6, 6.07) is 15.7. The van der Waals surface area contributed by atoms with Gasteiger partial charge in [0.15, 0.2) is 0 Å². The number of thioether (sulfide) groups is 1. The van der Waals surface area contributed by atoms with Gasteiger partial charge in [0.1, 0.15) is 4.32 Å². The van der Waals surface area contributed by atoms with Gasteiger partial charge in [-0.05, 0) is 30.2 Å². The van der Waals surface area contributed by atoms with E-state index in [2.05, 4.69) is 5.32 Å². The number of aromatic carboxylic acids is 1. The van der Waals surface area contributed by atoms with Crippen LogP contribution in [0.5, 0.6) is 0 Å². The lowest BCUT2D eigenvalue weighted by molar-refractivity contribution is -0.122. The van der Waals surface area contributed by atoms with Crippen molar-refractivity contribution in [2.75, 3.05) is 11.9 Å². The number of rotatable bonds is 7. The van der Waals surface area contributed by atoms with Crippen molar-refractivity contribution >= 4 is 57.8 Å². The molecule has 2 aromatic carbocycles. The van der Waals surface area contributed by atoms with Gasteiger partial charge < -0.3 is 10.4 Å². The fourth-order valence-corrected chi connectivity index (χ4v) is 4.09. The van der Waals surface area contributed by atoms with Crippen molar-refractivity contribution in [2.45, 2.75) is 12.8 Å². The fourth-order valence-electron chi connectivity index (χ4n) is 2.78. The van der Waals surface area contributed by atoms with Crippen LogP contribution < -0.4 is 5.32 Å². The van der Waals surface area contributed by atoms with Gasteiger partial charge in [0.05, 0.1) is 16.2 Å². The minimum atomic E-state index is -1.11. The van der Waals surface area contributed by atoms with Crippen molar-refractivity contribution in [1.82, 2.24) is 4.90 Å². The standard InChI is InChI=1S/C21H18N2O4S2/c24-18(22-16-10-5-4-9-15(16)20(26)27)11-6-12-23-19(25)17(29-21(23)28)13-14-7-2-1-3-8-14/h1-5,7-10,13H,6,11-12H2,(H,22,24)(H,26,27)/b17-13-. The maximum absolute atomic E-state index is 12.6. The summed E-state index contributed by atoms with van der Waals surface area (Å²) in [5, 5.41) is 11.8. The molecule has 8 heteroatoms. The lowest BCUT2D eigenvalue weighted by atomic mass is 10.1. The van der Waals surface area contributed by atoms with Crippen LogP contribution in [0.25, 0.3) is 6.08 Å². The van der Waals surface area contributed by atoms with Crippen molar-refractivity contribution in [3.8, 4) is 0 Å². The van der Waals surface area contributed by atoms with Crippen LogP contribution in [0.3, 0.4) is 0 Å². The molecular formula is C21H18N2O4S2. The third-order valence-electron chi connectivity index (χ3n) is 4.19. The van der Waals surface area contributed by atoms with Crippen LogP contribution in [0.2, 0.25) is 0 Å². The number of carbonyl (C=O) groups excluding carboxylic acids is 2. The molecule has 0 unspecified atom stereocenters. The zero-order chi connectivity index (χ0) is 20.8. The van der Waals surface area contributed by atoms with E-state index in [1.165, 1.54) is 28.8 Å². The molecule has 3 rings (SSSR count). The number of carbonyl (C=O) groups is 3. The van der Waals surface area contributed by atoms with Gasteiger partial charge in [-0.15, -0.1) is 0 Å². The highest BCUT2D eigenvalue weighted by Gasteiger charge is 2.31. The molecule has 1 saturated heterocycles. The van der Waals surface area contributed by atoms with Gasteiger partial charge in [0, 0.05) is 13.0 Å². The predicted molar refractivity (Wildman–Crippen MR) is 118 cm³/mol. The van der Waals surface area contributed by atoms with E-state index in [0.717, 1.165) is 5.56 Å². The van der Waals surface area contributed by atoms with E-state index in [-0.39, 0.29) is 29.5 Å². The Hall–Kier alpha value is -2.97. The normalized spacial score (nSPS) is 15.0. The summed E-state index contributed by atoms with van der Waals surface area (Å²) < 4.78 is 0.466. The second kappa shape index (κ2) is 9.49. The second-order valence-corrected chi connectivity index (χ2v) is 7.92. The third kappa shape index (κ3) is 5.30. The van der Waals surface area contributed by atoms with E-state index >= 15 is 0 Å². The Morgan fingerprint density at radius 2 is 1.79 bits per heavy atom. The van der Waals surface area contributed by atoms with Crippen molar-refractivity contribution in [3.05, 3.63) is 70.6 Å². The predicted octanol–water partition coefficient (Wildman–Crippen LogP) is 4.00. The van der Waals surface area contributed by atoms with Crippen LogP contribution in [0.1, 0.15) is 28.8 Å². The van der Waals surface area contributed by atoms with E-state index in [1.807, 2.05) is 30.3 Å². The Morgan fingerprint density at radius 1 is 1.10 bits per heavy atom. The lowest BCUT2D eigenvalue weighted by Crippen LogP contribution is -2.29. The largest absolute Gasteiger partial charge is 0.478 e. The number of thiocarbonyl (C=S) groups is 1. The number of carboxylic acids is 1. The Labute approximate surface area is 177 Å². The molecule has 0 spiro atoms. The molecule has 2 amide bonds. The molecule has 0 aromatic heterocycles. The molecule has 0 aliphatic carbocycles. The molecule has 0 bridgehead atoms. The summed E-state index contributed by atoms with van der Waals surface area (Å²) in [6.07, 6.45) is 2.35. The molecule has 1 aliphatic heterocycles. The second-order valence-electron chi connectivity index (χ2n) is 6.25. The van der Waals surface area contributed by atoms with Crippen LogP contribution in [0.4, 0.5) is 5.69 Å². The summed E-state index contributed by atoms with van der Waals surface area (Å²) in [6.45, 7) is 0.324. The molecule has 0 atom stereocenters. The number of nitrogens with zero attached hydrogens (tertiary/aromatic N) is 1. The maximum Gasteiger partial charge on any atom is 0.337 e. The molecule has 148 valence electrons. The van der Waals surface area contributed by atoms with Crippen molar-refractivity contribution in [2.24, 2.45) is 0 Å². The number of anilines is 1. The van der Waals surface area contributed by atoms with Crippen molar-refractivity contribution in [3.63, 3.8) is 0 Å². The van der Waals surface area contributed by atoms with Crippen LogP contribution >= 0.6 is 24.0 Å². The number of hydrogen-bond donors (Lipinski definition) is 2. The van der Waals surface area contributed by atoms with Gasteiger partial charge in [-0.3, -0.25) is 14.5 Å². The first-order valence-electron chi connectivity index (χ1n) is 8.88. The van der Waals surface area contributed by atoms with E-state index in [9.17, 15) is 14.4 Å². The molecule has 2 aromatic rings. The van der Waals surface area contributed by atoms with Crippen LogP contribution in [0, 0.1) is 0 Å². The maximum atomic E-state index is 12.6. The van der Waals surface area contributed by atoms with E-state index in [1.54, 1.807) is 18.2 Å². The topological polar surface area (TPSA) is 86.7 Å². The molecule has 6 nitrogen and oxygen atoms in total. The van der Waals surface area contributed by atoms with Crippen molar-refractivity contribution in [1.29, 1.82) is 0 Å². The Balaban J connectivity index is 1.55. The number of para-hydroxylation sites is 1. The zero-order valence-electron chi connectivity index (χ0n) is 15.3. The van der Waals surface area contributed by atoms with Gasteiger partial charge in [-0.2, -0.15) is 0 Å². The zero-order valence-corrected chi connectivity index (χ0v) is 17.0. The third-order valence-corrected chi connectivity index (χ3v) is 5.57. The molecule has 1 aliphatic rings. The Bertz CT molecular complexity index is 989. The number of benzene rings is 2. The van der Waals surface area contributed by atoms with E-state index < -0.39 is 5.97 Å². The van der Waals surface area contributed by atoms with Gasteiger partial charge in [-0.25, -0.2) is 4.79 Å². The molecule has 0 saturated carbocycles. The van der Waals surface area contributed by atoms with E-state index in [4.69, 9.17) is 17.3 Å². The highest BCUT2D eigenvalue weighted by Crippen LogP contribution is 2.32. The highest BCUT2D eigenvalue weighted by atomic mass is 32.2. The summed E-state index contributed by atoms with van der Waals surface area (Å²) >= 11 is 6.55. The number of carboxylic acid groups (broad SMARTS) is 1. The minimum Gasteiger partial charge on any atom is -0.478 e. The monoisotopic (exact) mass is 426 g/mol. The van der Waals surface area contributed by atoms with Gasteiger partial charge in [0.2, 0.25) is 5.91 Å². The van der Waals surface area contributed by atoms with Crippen LogP contribution in [-0.2, 0) is 9.59 Å². The van der Waals surface area contributed by atoms with Gasteiger partial charge >= 0.3 is 5.97 Å². The van der Waals surface area contributed by atoms with Crippen LogP contribution in [0.15, 0.2) is 59.5 Å². The van der Waals surface area contributed by atoms with Gasteiger partial charge in [-0.1, -0.05) is 66.4 Å². The summed E-state index contributed by atoms with van der Waals surface area (Å²) in [7, 11) is 0. The Morgan fingerprint density at radius 3 is 2.52 bits per heavy atom. The molecular weight excluding hydrogens is 408 g/mol. The average Bonchev–Trinajstić information content (AvgIpc) is 2.96. The molecule has 1 heterocycles.